The molecular formula is C71H129N2O7P. The highest BCUT2D eigenvalue weighted by Gasteiger charge is 2.27. The molecular weight excluding hydrogens is 1020 g/mol. The number of nitrogens with one attached hydrogen (secondary N) is 1. The average molecular weight is 1150 g/mol. The average Bonchev–Trinajstić information content (AvgIpc) is 3.44. The zero-order valence-electron chi connectivity index (χ0n) is 53.7. The quantitative estimate of drug-likeness (QED) is 0.0212. The molecule has 10 heteroatoms. The SMILES string of the molecule is CC/C=C\C/C=C\C/C=C\C/C=C\C/C=C\C/C=C\CCCCC(=O)NC(COP(=O)([O-])OCC[N+](C)(C)C)C(/C=C/CCCCCCCCCCC)OC(=O)CCCCCCCCCCCCCCCCCCCCCCCCC. The Bertz CT molecular complexity index is 1660. The third-order valence-electron chi connectivity index (χ3n) is 14.8. The Balaban J connectivity index is 5.15. The lowest BCUT2D eigenvalue weighted by Gasteiger charge is -2.30. The van der Waals surface area contributed by atoms with Crippen LogP contribution >= 0.6 is 7.82 Å². The van der Waals surface area contributed by atoms with E-state index in [1.807, 2.05) is 33.3 Å². The number of likely N-dealkylation sites (N-methyl/N-ethyl adjacent to an activating group) is 1. The van der Waals surface area contributed by atoms with E-state index in [1.165, 1.54) is 173 Å². The molecule has 3 atom stereocenters. The fourth-order valence-electron chi connectivity index (χ4n) is 9.64. The Hall–Kier alpha value is -2.81. The minimum atomic E-state index is -4.72. The highest BCUT2D eigenvalue weighted by molar-refractivity contribution is 7.45. The molecule has 0 fully saturated rings. The summed E-state index contributed by atoms with van der Waals surface area (Å²) in [6.45, 7) is 6.71. The van der Waals surface area contributed by atoms with E-state index in [9.17, 15) is 19.0 Å². The van der Waals surface area contributed by atoms with Crippen molar-refractivity contribution in [1.29, 1.82) is 0 Å². The number of rotatable bonds is 61. The van der Waals surface area contributed by atoms with Crippen LogP contribution in [0.2, 0.25) is 0 Å². The summed E-state index contributed by atoms with van der Waals surface area (Å²) < 4.78 is 30.3. The molecule has 1 amide bonds. The molecule has 9 nitrogen and oxygen atoms in total. The van der Waals surface area contributed by atoms with Gasteiger partial charge in [-0.2, -0.15) is 0 Å². The number of hydrogen-bond donors (Lipinski definition) is 1. The van der Waals surface area contributed by atoms with Gasteiger partial charge in [0.15, 0.2) is 0 Å². The van der Waals surface area contributed by atoms with Gasteiger partial charge in [-0.25, -0.2) is 0 Å². The lowest BCUT2D eigenvalue weighted by Crippen LogP contribution is -2.47. The zero-order chi connectivity index (χ0) is 59.3. The summed E-state index contributed by atoms with van der Waals surface area (Å²) in [5.41, 5.74) is 0. The van der Waals surface area contributed by atoms with Crippen LogP contribution in [0.3, 0.4) is 0 Å². The molecule has 0 heterocycles. The number of phosphoric acid groups is 1. The van der Waals surface area contributed by atoms with E-state index in [0.717, 1.165) is 89.9 Å². The van der Waals surface area contributed by atoms with Crippen LogP contribution in [0.4, 0.5) is 0 Å². The summed E-state index contributed by atoms with van der Waals surface area (Å²) in [7, 11) is 1.15. The van der Waals surface area contributed by atoms with Gasteiger partial charge in [-0.1, -0.05) is 292 Å². The number of carbonyl (C=O) groups is 2. The number of nitrogens with zero attached hydrogens (tertiary/aromatic N) is 1. The minimum Gasteiger partial charge on any atom is -0.756 e. The number of amides is 1. The van der Waals surface area contributed by atoms with Crippen LogP contribution in [0, 0.1) is 0 Å². The van der Waals surface area contributed by atoms with E-state index in [4.69, 9.17) is 13.8 Å². The first-order valence-corrected chi connectivity index (χ1v) is 35.4. The number of quaternary nitrogens is 1. The molecule has 0 spiro atoms. The van der Waals surface area contributed by atoms with Gasteiger partial charge in [-0.05, 0) is 83.1 Å². The number of unbranched alkanes of at least 4 members (excludes halogenated alkanes) is 33. The molecule has 0 bridgehead atoms. The number of allylic oxidation sites excluding steroid dienone is 13. The topological polar surface area (TPSA) is 114 Å². The van der Waals surface area contributed by atoms with E-state index in [-0.39, 0.29) is 31.3 Å². The third-order valence-corrected chi connectivity index (χ3v) is 15.8. The standard InChI is InChI=1S/C71H129N2O7P/c1-7-10-13-16-19-22-25-27-29-31-33-35-36-38-40-42-44-46-49-52-55-58-61-64-71(75)80-69(62-59-56-53-50-47-24-21-18-15-12-9-3)68(67-79-81(76,77)78-66-65-73(4,5)6)72-70(74)63-60-57-54-51-48-45-43-41-39-37-34-32-30-28-26-23-20-17-14-11-8-2/h11,14,20,23,28,30,34,37,41,43,48,51,59,62,68-69H,7-10,12-13,15-19,21-22,24-27,29,31-33,35-36,38-40,42,44-47,49-50,52-58,60-61,63-67H2,1-6H3,(H-,72,74,76,77)/b14-11-,23-20-,30-28-,37-34-,43-41-,51-48-,62-59+. The van der Waals surface area contributed by atoms with E-state index in [0.29, 0.717) is 17.4 Å². The van der Waals surface area contributed by atoms with Crippen LogP contribution < -0.4 is 10.2 Å². The van der Waals surface area contributed by atoms with Crippen molar-refractivity contribution < 1.29 is 37.3 Å². The fraction of sp³-hybridized carbons (Fsp3) is 0.775. The Labute approximate surface area is 501 Å². The molecule has 0 saturated heterocycles. The van der Waals surface area contributed by atoms with Crippen LogP contribution in [-0.2, 0) is 27.9 Å². The number of phosphoric ester groups is 1. The summed E-state index contributed by atoms with van der Waals surface area (Å²) in [5.74, 6) is -0.586. The van der Waals surface area contributed by atoms with Crippen molar-refractivity contribution in [2.75, 3.05) is 40.9 Å². The molecule has 0 aromatic rings. The van der Waals surface area contributed by atoms with Crippen molar-refractivity contribution in [2.45, 2.75) is 315 Å². The summed E-state index contributed by atoms with van der Waals surface area (Å²) in [6.07, 6.45) is 80.0. The lowest BCUT2D eigenvalue weighted by atomic mass is 10.0. The second-order valence-corrected chi connectivity index (χ2v) is 25.4. The van der Waals surface area contributed by atoms with Gasteiger partial charge in [-0.3, -0.25) is 14.2 Å². The summed E-state index contributed by atoms with van der Waals surface area (Å²) in [6, 6.07) is -0.914. The molecule has 0 aliphatic rings. The van der Waals surface area contributed by atoms with Crippen molar-refractivity contribution in [2.24, 2.45) is 0 Å². The summed E-state index contributed by atoms with van der Waals surface area (Å²) in [5, 5.41) is 3.01. The van der Waals surface area contributed by atoms with Gasteiger partial charge in [-0.15, -0.1) is 0 Å². The fourth-order valence-corrected chi connectivity index (χ4v) is 10.4. The molecule has 3 unspecified atom stereocenters. The van der Waals surface area contributed by atoms with E-state index >= 15 is 0 Å². The molecule has 0 aliphatic carbocycles. The predicted molar refractivity (Wildman–Crippen MR) is 348 cm³/mol. The summed E-state index contributed by atoms with van der Waals surface area (Å²) in [4.78, 5) is 40.1. The Morgan fingerprint density at radius 2 is 0.790 bits per heavy atom. The smallest absolute Gasteiger partial charge is 0.306 e. The van der Waals surface area contributed by atoms with Gasteiger partial charge < -0.3 is 28.5 Å². The van der Waals surface area contributed by atoms with Crippen LogP contribution in [-0.4, -0.2) is 69.4 Å². The van der Waals surface area contributed by atoms with Crippen LogP contribution in [0.5, 0.6) is 0 Å². The highest BCUT2D eigenvalue weighted by Crippen LogP contribution is 2.38. The third kappa shape index (κ3) is 61.6. The minimum absolute atomic E-state index is 0.0330. The van der Waals surface area contributed by atoms with Gasteiger partial charge in [0.1, 0.15) is 19.3 Å². The molecule has 470 valence electrons. The molecule has 0 radical (unpaired) electrons. The highest BCUT2D eigenvalue weighted by atomic mass is 31.2. The van der Waals surface area contributed by atoms with Crippen molar-refractivity contribution in [3.05, 3.63) is 85.1 Å². The first-order chi connectivity index (χ1) is 39.4. The summed E-state index contributed by atoms with van der Waals surface area (Å²) >= 11 is 0. The zero-order valence-corrected chi connectivity index (χ0v) is 54.6. The molecule has 81 heavy (non-hydrogen) atoms. The Morgan fingerprint density at radius 3 is 1.20 bits per heavy atom. The lowest BCUT2D eigenvalue weighted by molar-refractivity contribution is -0.870. The molecule has 0 aliphatic heterocycles. The van der Waals surface area contributed by atoms with E-state index in [2.05, 4.69) is 99.0 Å². The van der Waals surface area contributed by atoms with Crippen LogP contribution in [0.25, 0.3) is 0 Å². The van der Waals surface area contributed by atoms with Crippen LogP contribution in [0.1, 0.15) is 303 Å². The number of esters is 1. The van der Waals surface area contributed by atoms with Gasteiger partial charge in [0.05, 0.1) is 33.8 Å². The molecule has 0 aromatic carbocycles. The van der Waals surface area contributed by atoms with Crippen molar-refractivity contribution in [1.82, 2.24) is 5.32 Å². The normalized spacial score (nSPS) is 14.1. The number of hydrogen-bond acceptors (Lipinski definition) is 7. The number of ether oxygens (including phenoxy) is 1. The first-order valence-electron chi connectivity index (χ1n) is 33.9. The van der Waals surface area contributed by atoms with E-state index in [1.54, 1.807) is 0 Å². The maximum absolute atomic E-state index is 13.5. The van der Waals surface area contributed by atoms with Crippen molar-refractivity contribution in [3.63, 3.8) is 0 Å². The van der Waals surface area contributed by atoms with Crippen LogP contribution in [0.15, 0.2) is 85.1 Å². The molecule has 1 N–H and O–H groups in total. The van der Waals surface area contributed by atoms with Gasteiger partial charge in [0.2, 0.25) is 5.91 Å². The maximum Gasteiger partial charge on any atom is 0.306 e. The largest absolute Gasteiger partial charge is 0.756 e. The van der Waals surface area contributed by atoms with Gasteiger partial charge >= 0.3 is 5.97 Å². The second-order valence-electron chi connectivity index (χ2n) is 24.0. The first kappa shape index (κ1) is 78.2. The Morgan fingerprint density at radius 1 is 0.444 bits per heavy atom. The number of carbonyl (C=O) groups excluding carboxylic acids is 2. The maximum atomic E-state index is 13.5. The monoisotopic (exact) mass is 1150 g/mol. The molecule has 0 aromatic heterocycles. The van der Waals surface area contributed by atoms with Gasteiger partial charge in [0.25, 0.3) is 7.82 Å². The van der Waals surface area contributed by atoms with Crippen molar-refractivity contribution >= 4 is 19.7 Å². The predicted octanol–water partition coefficient (Wildman–Crippen LogP) is 20.7. The molecule has 0 rings (SSSR count). The van der Waals surface area contributed by atoms with E-state index < -0.39 is 26.6 Å². The molecule has 0 saturated carbocycles. The Kier molecular flexibility index (Phi) is 58.2. The van der Waals surface area contributed by atoms with Crippen molar-refractivity contribution in [3.8, 4) is 0 Å². The van der Waals surface area contributed by atoms with Gasteiger partial charge in [0, 0.05) is 12.8 Å². The second kappa shape index (κ2) is 60.3.